The monoisotopic (exact) mass is 650 g/mol. The fraction of sp³-hybridized carbons (Fsp3) is 0.324. The first-order valence-corrected chi connectivity index (χ1v) is 16.9. The topological polar surface area (TPSA) is 107 Å². The van der Waals surface area contributed by atoms with Crippen LogP contribution in [0.5, 0.6) is 0 Å². The Kier molecular flexibility index (Phi) is 9.22. The Labute approximate surface area is 277 Å². The minimum atomic E-state index is -0.794. The largest absolute Gasteiger partial charge is 0.463 e. The number of rotatable bonds is 8. The lowest BCUT2D eigenvalue weighted by Gasteiger charge is -2.33. The van der Waals surface area contributed by atoms with Gasteiger partial charge in [-0.1, -0.05) is 86.7 Å². The summed E-state index contributed by atoms with van der Waals surface area (Å²) in [7, 11) is 0. The van der Waals surface area contributed by atoms with E-state index >= 15 is 0 Å². The van der Waals surface area contributed by atoms with Gasteiger partial charge in [0.05, 0.1) is 33.4 Å². The molecule has 9 nitrogen and oxygen atoms in total. The molecule has 1 saturated heterocycles. The molecular formula is C37H38N4O5S. The third-order valence-corrected chi connectivity index (χ3v) is 9.91. The number of ether oxygens (including phenoxy) is 1. The quantitative estimate of drug-likeness (QED) is 0.128. The van der Waals surface area contributed by atoms with Crippen LogP contribution in [0.4, 0.5) is 11.4 Å². The van der Waals surface area contributed by atoms with Crippen LogP contribution in [0.2, 0.25) is 0 Å². The molecule has 10 heteroatoms. The molecule has 1 aromatic heterocycles. The highest BCUT2D eigenvalue weighted by Gasteiger charge is 2.35. The summed E-state index contributed by atoms with van der Waals surface area (Å²) in [6.07, 6.45) is 3.78. The van der Waals surface area contributed by atoms with Crippen molar-refractivity contribution >= 4 is 40.5 Å². The number of benzene rings is 3. The molecule has 0 bridgehead atoms. The summed E-state index contributed by atoms with van der Waals surface area (Å²) >= 11 is 1.21. The number of fused-ring (bicyclic) bond motifs is 1. The predicted molar refractivity (Wildman–Crippen MR) is 185 cm³/mol. The summed E-state index contributed by atoms with van der Waals surface area (Å²) in [6.45, 7) is 10.0. The molecule has 3 aromatic carbocycles. The number of carbonyl (C=O) groups is 1. The van der Waals surface area contributed by atoms with Crippen molar-refractivity contribution in [2.24, 2.45) is 10.9 Å². The number of hydrogen-bond acceptors (Lipinski definition) is 8. The second-order valence-electron chi connectivity index (χ2n) is 12.4. The van der Waals surface area contributed by atoms with Gasteiger partial charge in [-0.05, 0) is 54.9 Å². The second-order valence-corrected chi connectivity index (χ2v) is 13.4. The number of nitrogens with zero attached hydrogens (tertiary/aromatic N) is 4. The van der Waals surface area contributed by atoms with Crippen LogP contribution >= 0.6 is 11.3 Å². The Morgan fingerprint density at radius 1 is 1.09 bits per heavy atom. The average molecular weight is 651 g/mol. The molecule has 1 atom stereocenters. The molecule has 2 aliphatic rings. The highest BCUT2D eigenvalue weighted by molar-refractivity contribution is 7.07. The van der Waals surface area contributed by atoms with E-state index in [2.05, 4.69) is 25.7 Å². The first-order valence-electron chi connectivity index (χ1n) is 16.1. The molecule has 0 radical (unpaired) electrons. The van der Waals surface area contributed by atoms with Gasteiger partial charge in [0.15, 0.2) is 4.80 Å². The Morgan fingerprint density at radius 3 is 2.43 bits per heavy atom. The highest BCUT2D eigenvalue weighted by Crippen LogP contribution is 2.36. The number of non-ortho nitro benzene ring substituents is 1. The van der Waals surface area contributed by atoms with Crippen molar-refractivity contribution in [3.05, 3.63) is 130 Å². The normalized spacial score (nSPS) is 17.1. The number of aromatic nitrogens is 1. The average Bonchev–Trinajstić information content (AvgIpc) is 3.38. The fourth-order valence-electron chi connectivity index (χ4n) is 6.27. The third-order valence-electron chi connectivity index (χ3n) is 8.93. The molecule has 0 aliphatic carbocycles. The highest BCUT2D eigenvalue weighted by atomic mass is 32.1. The lowest BCUT2D eigenvalue weighted by molar-refractivity contribution is -0.384. The zero-order valence-corrected chi connectivity index (χ0v) is 27.8. The van der Waals surface area contributed by atoms with Gasteiger partial charge in [0.1, 0.15) is 0 Å². The Balaban J connectivity index is 1.60. The van der Waals surface area contributed by atoms with E-state index in [1.54, 1.807) is 23.6 Å². The van der Waals surface area contributed by atoms with E-state index in [1.807, 2.05) is 54.6 Å². The molecule has 47 heavy (non-hydrogen) atoms. The zero-order valence-electron chi connectivity index (χ0n) is 27.0. The molecule has 0 unspecified atom stereocenters. The minimum Gasteiger partial charge on any atom is -0.463 e. The van der Waals surface area contributed by atoms with Crippen molar-refractivity contribution in [3.8, 4) is 0 Å². The molecule has 0 N–H and O–H groups in total. The summed E-state index contributed by atoms with van der Waals surface area (Å²) in [5, 5.41) is 11.8. The molecule has 0 saturated carbocycles. The van der Waals surface area contributed by atoms with Gasteiger partial charge in [-0.2, -0.15) is 0 Å². The van der Waals surface area contributed by atoms with Crippen LogP contribution in [-0.4, -0.2) is 35.2 Å². The predicted octanol–water partition coefficient (Wildman–Crippen LogP) is 6.20. The van der Waals surface area contributed by atoms with Crippen LogP contribution in [0, 0.1) is 16.0 Å². The van der Waals surface area contributed by atoms with Gasteiger partial charge in [-0.15, -0.1) is 0 Å². The van der Waals surface area contributed by atoms with Gasteiger partial charge < -0.3 is 9.64 Å². The smallest absolute Gasteiger partial charge is 0.338 e. The molecule has 6 rings (SSSR count). The van der Waals surface area contributed by atoms with Gasteiger partial charge >= 0.3 is 5.97 Å². The lowest BCUT2D eigenvalue weighted by atomic mass is 9.91. The first kappa shape index (κ1) is 32.1. The fourth-order valence-corrected chi connectivity index (χ4v) is 7.26. The lowest BCUT2D eigenvalue weighted by Crippen LogP contribution is -2.40. The maximum absolute atomic E-state index is 14.5. The molecule has 3 heterocycles. The number of carbonyl (C=O) groups excluding carboxylic acids is 1. The summed E-state index contributed by atoms with van der Waals surface area (Å²) in [5.41, 5.74) is 4.44. The number of nitro benzene ring substituents is 1. The maximum Gasteiger partial charge on any atom is 0.338 e. The molecular weight excluding hydrogens is 612 g/mol. The number of anilines is 1. The zero-order chi connectivity index (χ0) is 33.2. The van der Waals surface area contributed by atoms with Crippen molar-refractivity contribution in [1.82, 2.24) is 4.57 Å². The standard InChI is InChI=1S/C37H38N4O5S/c1-5-46-36(43)32-33(26-9-7-6-8-10-26)38-37-40(34(32)27-13-11-25(12-14-27)23(2)3)35(42)31(47-37)22-28-21-29(41(44)45)15-16-30(28)39-19-17-24(4)18-20-39/h6-16,21-24,34H,5,17-20H2,1-4H3/b31-22+/t34-/m0/s1. The summed E-state index contributed by atoms with van der Waals surface area (Å²) in [5.74, 6) is 0.374. The van der Waals surface area contributed by atoms with Crippen LogP contribution in [-0.2, 0) is 9.53 Å². The Hall–Kier alpha value is -4.83. The molecule has 0 spiro atoms. The van der Waals surface area contributed by atoms with Gasteiger partial charge in [-0.3, -0.25) is 19.5 Å². The molecule has 1 fully saturated rings. The summed E-state index contributed by atoms with van der Waals surface area (Å²) in [4.78, 5) is 47.2. The molecule has 242 valence electrons. The van der Waals surface area contributed by atoms with Gasteiger partial charge in [-0.25, -0.2) is 9.79 Å². The van der Waals surface area contributed by atoms with Crippen molar-refractivity contribution < 1.29 is 14.5 Å². The number of esters is 1. The van der Waals surface area contributed by atoms with Crippen molar-refractivity contribution in [2.45, 2.75) is 52.5 Å². The second kappa shape index (κ2) is 13.5. The van der Waals surface area contributed by atoms with Crippen LogP contribution < -0.4 is 19.8 Å². The van der Waals surface area contributed by atoms with E-state index in [-0.39, 0.29) is 23.4 Å². The van der Waals surface area contributed by atoms with Crippen molar-refractivity contribution in [1.29, 1.82) is 0 Å². The van der Waals surface area contributed by atoms with Gasteiger partial charge in [0.25, 0.3) is 11.2 Å². The SMILES string of the molecule is CCOC(=O)C1=C(c2ccccc2)N=c2s/c(=C/c3cc([N+](=O)[O-])ccc3N3CCC(C)CC3)c(=O)n2[C@H]1c1ccc(C(C)C)cc1. The van der Waals surface area contributed by atoms with E-state index in [0.717, 1.165) is 48.3 Å². The Morgan fingerprint density at radius 2 is 1.79 bits per heavy atom. The number of nitro groups is 1. The summed E-state index contributed by atoms with van der Waals surface area (Å²) < 4.78 is 7.53. The summed E-state index contributed by atoms with van der Waals surface area (Å²) in [6, 6.07) is 21.4. The first-order chi connectivity index (χ1) is 22.7. The minimum absolute atomic E-state index is 0.0442. The van der Waals surface area contributed by atoms with Crippen LogP contribution in [0.25, 0.3) is 11.8 Å². The number of thiazole rings is 1. The van der Waals surface area contributed by atoms with Crippen LogP contribution in [0.3, 0.4) is 0 Å². The van der Waals surface area contributed by atoms with Gasteiger partial charge in [0, 0.05) is 42.0 Å². The van der Waals surface area contributed by atoms with Gasteiger partial charge in [0.2, 0.25) is 0 Å². The van der Waals surface area contributed by atoms with E-state index in [0.29, 0.717) is 32.4 Å². The molecule has 4 aromatic rings. The third kappa shape index (κ3) is 6.42. The number of piperidine rings is 1. The van der Waals surface area contributed by atoms with E-state index < -0.39 is 16.9 Å². The maximum atomic E-state index is 14.5. The van der Waals surface area contributed by atoms with E-state index in [4.69, 9.17) is 9.73 Å². The molecule has 0 amide bonds. The number of hydrogen-bond donors (Lipinski definition) is 0. The van der Waals surface area contributed by atoms with E-state index in [9.17, 15) is 19.7 Å². The van der Waals surface area contributed by atoms with Crippen LogP contribution in [0.15, 0.2) is 88.2 Å². The van der Waals surface area contributed by atoms with E-state index in [1.165, 1.54) is 23.5 Å². The Bertz CT molecular complexity index is 2020. The van der Waals surface area contributed by atoms with Crippen LogP contribution in [0.1, 0.15) is 74.8 Å². The molecule has 2 aliphatic heterocycles. The van der Waals surface area contributed by atoms with Crippen molar-refractivity contribution in [3.63, 3.8) is 0 Å². The van der Waals surface area contributed by atoms with Crippen molar-refractivity contribution in [2.75, 3.05) is 24.6 Å².